The molecular weight excluding hydrogens is 397 g/mol. The van der Waals surface area contributed by atoms with E-state index in [-0.39, 0.29) is 18.3 Å². The van der Waals surface area contributed by atoms with Crippen molar-refractivity contribution < 1.29 is 4.79 Å². The van der Waals surface area contributed by atoms with Crippen LogP contribution in [0, 0.1) is 6.92 Å². The molecule has 0 spiro atoms. The molecule has 0 radical (unpaired) electrons. The van der Waals surface area contributed by atoms with Gasteiger partial charge < -0.3 is 10.6 Å². The lowest BCUT2D eigenvalue weighted by atomic mass is 10.1. The van der Waals surface area contributed by atoms with Gasteiger partial charge in [0.15, 0.2) is 5.69 Å². The molecular formula is C17H22Cl3N5O. The number of nitrogens with one attached hydrogen (secondary N) is 2. The van der Waals surface area contributed by atoms with Gasteiger partial charge in [0.2, 0.25) is 0 Å². The molecule has 26 heavy (non-hydrogen) atoms. The van der Waals surface area contributed by atoms with Crippen molar-refractivity contribution in [1.82, 2.24) is 25.6 Å². The first-order valence-electron chi connectivity index (χ1n) is 8.41. The van der Waals surface area contributed by atoms with E-state index in [1.807, 2.05) is 17.7 Å². The predicted octanol–water partition coefficient (Wildman–Crippen LogP) is 3.21. The maximum absolute atomic E-state index is 12.4. The molecule has 2 aromatic rings. The number of rotatable bonds is 5. The molecule has 2 heterocycles. The maximum atomic E-state index is 12.4. The van der Waals surface area contributed by atoms with Crippen molar-refractivity contribution in [1.29, 1.82) is 0 Å². The lowest BCUT2D eigenvalue weighted by molar-refractivity contribution is 0.0948. The van der Waals surface area contributed by atoms with Crippen LogP contribution in [0.3, 0.4) is 0 Å². The number of nitrogens with zero attached hydrogens (tertiary/aromatic N) is 3. The first-order valence-corrected chi connectivity index (χ1v) is 9.16. The number of carbonyl (C=O) groups is 1. The zero-order chi connectivity index (χ0) is 17.8. The quantitative estimate of drug-likeness (QED) is 0.782. The molecule has 0 aliphatic carbocycles. The lowest BCUT2D eigenvalue weighted by Crippen LogP contribution is -2.30. The van der Waals surface area contributed by atoms with Gasteiger partial charge in [0.05, 0.1) is 11.7 Å². The molecule has 142 valence electrons. The SMILES string of the molecule is Cc1c(C(=O)NCCc2ccc(Cl)cc2Cl)nnn1C1CCNCC1.Cl. The highest BCUT2D eigenvalue weighted by Gasteiger charge is 2.22. The highest BCUT2D eigenvalue weighted by atomic mass is 35.5. The van der Waals surface area contributed by atoms with Gasteiger partial charge in [-0.3, -0.25) is 4.79 Å². The molecule has 0 unspecified atom stereocenters. The first kappa shape index (κ1) is 21.0. The highest BCUT2D eigenvalue weighted by molar-refractivity contribution is 6.35. The summed E-state index contributed by atoms with van der Waals surface area (Å²) >= 11 is 12.0. The number of carbonyl (C=O) groups excluding carboxylic acids is 1. The van der Waals surface area contributed by atoms with Crippen molar-refractivity contribution in [2.75, 3.05) is 19.6 Å². The standard InChI is InChI=1S/C17H21Cl2N5O.ClH/c1-11-16(22-23-24(11)14-5-7-20-8-6-14)17(25)21-9-4-12-2-3-13(18)10-15(12)19;/h2-3,10,14,20H,4-9H2,1H3,(H,21,25);1H. The molecule has 1 amide bonds. The number of hydrogen-bond donors (Lipinski definition) is 2. The zero-order valence-electron chi connectivity index (χ0n) is 14.5. The monoisotopic (exact) mass is 417 g/mol. The molecule has 1 aliphatic heterocycles. The van der Waals surface area contributed by atoms with Gasteiger partial charge in [-0.1, -0.05) is 34.5 Å². The van der Waals surface area contributed by atoms with Crippen molar-refractivity contribution in [2.24, 2.45) is 0 Å². The minimum absolute atomic E-state index is 0. The second kappa shape index (κ2) is 9.55. The van der Waals surface area contributed by atoms with Crippen molar-refractivity contribution >= 4 is 41.5 Å². The number of aromatic nitrogens is 3. The van der Waals surface area contributed by atoms with E-state index in [0.717, 1.165) is 37.2 Å². The summed E-state index contributed by atoms with van der Waals surface area (Å²) in [5.74, 6) is -0.206. The molecule has 2 N–H and O–H groups in total. The minimum atomic E-state index is -0.206. The molecule has 0 bridgehead atoms. The molecule has 1 aliphatic rings. The van der Waals surface area contributed by atoms with Gasteiger partial charge in [0.25, 0.3) is 5.91 Å². The van der Waals surface area contributed by atoms with E-state index in [2.05, 4.69) is 20.9 Å². The van der Waals surface area contributed by atoms with Gasteiger partial charge >= 0.3 is 0 Å². The Bertz CT molecular complexity index is 759. The van der Waals surface area contributed by atoms with Gasteiger partial charge in [-0.05, 0) is 57.0 Å². The minimum Gasteiger partial charge on any atom is -0.350 e. The summed E-state index contributed by atoms with van der Waals surface area (Å²) < 4.78 is 1.88. The van der Waals surface area contributed by atoms with Gasteiger partial charge in [-0.25, -0.2) is 4.68 Å². The predicted molar refractivity (Wildman–Crippen MR) is 106 cm³/mol. The van der Waals surface area contributed by atoms with E-state index in [1.54, 1.807) is 12.1 Å². The maximum Gasteiger partial charge on any atom is 0.273 e. The van der Waals surface area contributed by atoms with Crippen molar-refractivity contribution in [2.45, 2.75) is 32.2 Å². The van der Waals surface area contributed by atoms with Crippen LogP contribution in [0.15, 0.2) is 18.2 Å². The first-order chi connectivity index (χ1) is 12.1. The Labute approximate surface area is 169 Å². The third-order valence-electron chi connectivity index (χ3n) is 4.49. The summed E-state index contributed by atoms with van der Waals surface area (Å²) in [4.78, 5) is 12.4. The number of hydrogen-bond acceptors (Lipinski definition) is 4. The van der Waals surface area contributed by atoms with E-state index < -0.39 is 0 Å². The molecule has 6 nitrogen and oxygen atoms in total. The largest absolute Gasteiger partial charge is 0.350 e. The average Bonchev–Trinajstić information content (AvgIpc) is 2.99. The number of halogens is 3. The van der Waals surface area contributed by atoms with Gasteiger partial charge in [-0.2, -0.15) is 0 Å². The molecule has 9 heteroatoms. The Balaban J connectivity index is 0.00000243. The van der Waals surface area contributed by atoms with Crippen LogP contribution in [0.25, 0.3) is 0 Å². The van der Waals surface area contributed by atoms with E-state index in [4.69, 9.17) is 23.2 Å². The van der Waals surface area contributed by atoms with E-state index >= 15 is 0 Å². The van der Waals surface area contributed by atoms with Crippen LogP contribution in [0.5, 0.6) is 0 Å². The number of amides is 1. The van der Waals surface area contributed by atoms with Gasteiger partial charge in [0, 0.05) is 16.6 Å². The summed E-state index contributed by atoms with van der Waals surface area (Å²) in [6.45, 7) is 4.30. The summed E-state index contributed by atoms with van der Waals surface area (Å²) in [6.07, 6.45) is 2.63. The summed E-state index contributed by atoms with van der Waals surface area (Å²) in [5.41, 5.74) is 2.15. The Hall–Kier alpha value is -1.34. The van der Waals surface area contributed by atoms with Crippen molar-refractivity contribution in [3.63, 3.8) is 0 Å². The van der Waals surface area contributed by atoms with Crippen LogP contribution in [0.2, 0.25) is 10.0 Å². The second-order valence-corrected chi connectivity index (χ2v) is 7.03. The van der Waals surface area contributed by atoms with Crippen LogP contribution in [-0.4, -0.2) is 40.5 Å². The summed E-state index contributed by atoms with van der Waals surface area (Å²) in [7, 11) is 0. The fraction of sp³-hybridized carbons (Fsp3) is 0.471. The average molecular weight is 419 g/mol. The van der Waals surface area contributed by atoms with Gasteiger partial charge in [-0.15, -0.1) is 17.5 Å². The van der Waals surface area contributed by atoms with E-state index in [1.165, 1.54) is 0 Å². The molecule has 1 fully saturated rings. The third kappa shape index (κ3) is 4.88. The molecule has 3 rings (SSSR count). The Morgan fingerprint density at radius 3 is 2.77 bits per heavy atom. The molecule has 1 aromatic heterocycles. The smallest absolute Gasteiger partial charge is 0.273 e. The molecule has 0 saturated carbocycles. The van der Waals surface area contributed by atoms with Crippen molar-refractivity contribution in [3.05, 3.63) is 45.2 Å². The lowest BCUT2D eigenvalue weighted by Gasteiger charge is -2.23. The topological polar surface area (TPSA) is 71.8 Å². The second-order valence-electron chi connectivity index (χ2n) is 6.19. The number of benzene rings is 1. The fourth-order valence-electron chi connectivity index (χ4n) is 3.07. The van der Waals surface area contributed by atoms with Crippen LogP contribution in [-0.2, 0) is 6.42 Å². The summed E-state index contributed by atoms with van der Waals surface area (Å²) in [6, 6.07) is 5.67. The number of piperidine rings is 1. The third-order valence-corrected chi connectivity index (χ3v) is 5.08. The Kier molecular flexibility index (Phi) is 7.70. The van der Waals surface area contributed by atoms with Crippen LogP contribution < -0.4 is 10.6 Å². The van der Waals surface area contributed by atoms with Crippen LogP contribution in [0.4, 0.5) is 0 Å². The van der Waals surface area contributed by atoms with E-state index in [9.17, 15) is 4.79 Å². The van der Waals surface area contributed by atoms with Crippen LogP contribution in [0.1, 0.15) is 40.6 Å². The van der Waals surface area contributed by atoms with Gasteiger partial charge in [0.1, 0.15) is 0 Å². The Morgan fingerprint density at radius 1 is 1.35 bits per heavy atom. The molecule has 0 atom stereocenters. The Morgan fingerprint density at radius 2 is 2.08 bits per heavy atom. The zero-order valence-corrected chi connectivity index (χ0v) is 16.8. The molecule has 1 aromatic carbocycles. The van der Waals surface area contributed by atoms with Crippen LogP contribution >= 0.6 is 35.6 Å². The fourth-order valence-corrected chi connectivity index (χ4v) is 3.57. The molecule has 1 saturated heterocycles. The highest BCUT2D eigenvalue weighted by Crippen LogP contribution is 2.22. The normalized spacial score (nSPS) is 14.7. The van der Waals surface area contributed by atoms with Crippen molar-refractivity contribution in [3.8, 4) is 0 Å². The van der Waals surface area contributed by atoms with E-state index in [0.29, 0.717) is 34.7 Å². The summed E-state index contributed by atoms with van der Waals surface area (Å²) in [5, 5.41) is 15.7.